The number of carbonyl (C=O) groups excluding carboxylic acids is 1. The first-order valence-electron chi connectivity index (χ1n) is 3.52. The molecule has 0 saturated heterocycles. The van der Waals surface area contributed by atoms with Crippen LogP contribution in [0.3, 0.4) is 0 Å². The van der Waals surface area contributed by atoms with Crippen LogP contribution in [0, 0.1) is 11.8 Å². The van der Waals surface area contributed by atoms with Gasteiger partial charge in [0.2, 0.25) is 5.78 Å². The monoisotopic (exact) mass is 148 g/mol. The molecule has 0 radical (unpaired) electrons. The fourth-order valence-electron chi connectivity index (χ4n) is 0.550. The molecule has 1 heteroatoms. The first kappa shape index (κ1) is 9.71. The summed E-state index contributed by atoms with van der Waals surface area (Å²) in [5, 5.41) is 0. The Morgan fingerprint density at radius 1 is 1.27 bits per heavy atom. The van der Waals surface area contributed by atoms with Crippen LogP contribution in [0.5, 0.6) is 0 Å². The molecule has 0 atom stereocenters. The fraction of sp³-hybridized carbons (Fsp3) is 0.300. The van der Waals surface area contributed by atoms with E-state index in [1.807, 2.05) is 32.1 Å². The van der Waals surface area contributed by atoms with E-state index in [0.29, 0.717) is 0 Å². The van der Waals surface area contributed by atoms with Crippen LogP contribution in [-0.2, 0) is 4.79 Å². The maximum atomic E-state index is 10.4. The number of carbonyl (C=O) groups is 1. The van der Waals surface area contributed by atoms with E-state index in [-0.39, 0.29) is 5.78 Å². The Kier molecular flexibility index (Phi) is 4.85. The molecule has 0 aliphatic carbocycles. The standard InChI is InChI=1S/C10H12O/c1-4-6-10(5-2)8-7-9(3)11/h4-6H,1-3H3/b6-4-,10-5+. The van der Waals surface area contributed by atoms with Gasteiger partial charge in [0.1, 0.15) is 0 Å². The fourth-order valence-corrected chi connectivity index (χ4v) is 0.550. The lowest BCUT2D eigenvalue weighted by molar-refractivity contribution is -0.111. The van der Waals surface area contributed by atoms with Gasteiger partial charge in [-0.25, -0.2) is 0 Å². The molecular weight excluding hydrogens is 136 g/mol. The zero-order valence-corrected chi connectivity index (χ0v) is 7.14. The number of hydrogen-bond acceptors (Lipinski definition) is 1. The van der Waals surface area contributed by atoms with E-state index in [4.69, 9.17) is 0 Å². The smallest absolute Gasteiger partial charge is 0.202 e. The third-order valence-corrected chi connectivity index (χ3v) is 1.04. The molecule has 0 N–H and O–H groups in total. The highest BCUT2D eigenvalue weighted by molar-refractivity contribution is 5.93. The summed E-state index contributed by atoms with van der Waals surface area (Å²) in [6, 6.07) is 0. The van der Waals surface area contributed by atoms with Crippen molar-refractivity contribution >= 4 is 5.78 Å². The van der Waals surface area contributed by atoms with Crippen molar-refractivity contribution in [2.24, 2.45) is 0 Å². The Hall–Kier alpha value is -1.29. The second kappa shape index (κ2) is 5.49. The van der Waals surface area contributed by atoms with E-state index < -0.39 is 0 Å². The Balaban J connectivity index is 4.37. The van der Waals surface area contributed by atoms with Crippen molar-refractivity contribution in [2.45, 2.75) is 20.8 Å². The predicted octanol–water partition coefficient (Wildman–Crippen LogP) is 2.10. The van der Waals surface area contributed by atoms with Crippen molar-refractivity contribution in [1.29, 1.82) is 0 Å². The Bertz CT molecular complexity index is 246. The van der Waals surface area contributed by atoms with Gasteiger partial charge in [-0.15, -0.1) is 0 Å². The highest BCUT2D eigenvalue weighted by Gasteiger charge is 1.82. The second-order valence-electron chi connectivity index (χ2n) is 2.05. The molecule has 1 nitrogen and oxygen atoms in total. The molecule has 0 aromatic heterocycles. The van der Waals surface area contributed by atoms with Gasteiger partial charge in [0.15, 0.2) is 0 Å². The largest absolute Gasteiger partial charge is 0.285 e. The van der Waals surface area contributed by atoms with Crippen LogP contribution in [0.25, 0.3) is 0 Å². The molecular formula is C10H12O. The third-order valence-electron chi connectivity index (χ3n) is 1.04. The molecule has 0 amide bonds. The molecule has 0 heterocycles. The molecule has 0 rings (SSSR count). The summed E-state index contributed by atoms with van der Waals surface area (Å²) >= 11 is 0. The first-order valence-corrected chi connectivity index (χ1v) is 3.52. The summed E-state index contributed by atoms with van der Waals surface area (Å²) in [4.78, 5) is 10.4. The average molecular weight is 148 g/mol. The highest BCUT2D eigenvalue weighted by atomic mass is 16.1. The summed E-state index contributed by atoms with van der Waals surface area (Å²) in [5.74, 6) is 5.11. The minimum absolute atomic E-state index is 0.103. The lowest BCUT2D eigenvalue weighted by Gasteiger charge is -1.83. The van der Waals surface area contributed by atoms with Crippen LogP contribution in [0.1, 0.15) is 20.8 Å². The van der Waals surface area contributed by atoms with Crippen LogP contribution in [0.4, 0.5) is 0 Å². The first-order chi connectivity index (χ1) is 5.20. The minimum Gasteiger partial charge on any atom is -0.285 e. The molecule has 0 spiro atoms. The van der Waals surface area contributed by atoms with Gasteiger partial charge in [-0.2, -0.15) is 0 Å². The summed E-state index contributed by atoms with van der Waals surface area (Å²) in [7, 11) is 0. The number of allylic oxidation sites excluding steroid dienone is 4. The molecule has 0 fully saturated rings. The normalized spacial score (nSPS) is 11.0. The summed E-state index contributed by atoms with van der Waals surface area (Å²) < 4.78 is 0. The van der Waals surface area contributed by atoms with Crippen LogP contribution in [-0.4, -0.2) is 5.78 Å². The number of Topliss-reactive ketones (excluding diaryl/α,β-unsaturated/α-hetero) is 1. The van der Waals surface area contributed by atoms with Gasteiger partial charge in [-0.1, -0.05) is 24.1 Å². The van der Waals surface area contributed by atoms with E-state index in [9.17, 15) is 4.79 Å². The van der Waals surface area contributed by atoms with Gasteiger partial charge in [0.25, 0.3) is 0 Å². The number of rotatable bonds is 1. The van der Waals surface area contributed by atoms with Gasteiger partial charge in [0.05, 0.1) is 0 Å². The molecule has 0 aliphatic rings. The molecule has 0 saturated carbocycles. The van der Waals surface area contributed by atoms with E-state index in [0.717, 1.165) is 5.57 Å². The molecule has 0 aromatic carbocycles. The lowest BCUT2D eigenvalue weighted by atomic mass is 10.2. The van der Waals surface area contributed by atoms with Crippen LogP contribution >= 0.6 is 0 Å². The zero-order chi connectivity index (χ0) is 8.69. The summed E-state index contributed by atoms with van der Waals surface area (Å²) in [6.45, 7) is 5.26. The van der Waals surface area contributed by atoms with Crippen molar-refractivity contribution in [3.63, 3.8) is 0 Å². The van der Waals surface area contributed by atoms with Crippen molar-refractivity contribution in [2.75, 3.05) is 0 Å². The van der Waals surface area contributed by atoms with Crippen LogP contribution in [0.2, 0.25) is 0 Å². The second-order valence-corrected chi connectivity index (χ2v) is 2.05. The van der Waals surface area contributed by atoms with Gasteiger partial charge in [-0.3, -0.25) is 4.79 Å². The average Bonchev–Trinajstić information content (AvgIpc) is 1.97. The van der Waals surface area contributed by atoms with E-state index in [1.54, 1.807) is 0 Å². The minimum atomic E-state index is -0.103. The molecule has 0 unspecified atom stereocenters. The molecule has 11 heavy (non-hydrogen) atoms. The Labute approximate surface area is 67.8 Å². The summed E-state index contributed by atoms with van der Waals surface area (Å²) in [5.41, 5.74) is 0.878. The van der Waals surface area contributed by atoms with Gasteiger partial charge in [-0.05, 0) is 19.8 Å². The van der Waals surface area contributed by atoms with Crippen LogP contribution < -0.4 is 0 Å². The molecule has 0 aliphatic heterocycles. The van der Waals surface area contributed by atoms with E-state index in [1.165, 1.54) is 6.92 Å². The maximum Gasteiger partial charge on any atom is 0.202 e. The van der Waals surface area contributed by atoms with E-state index >= 15 is 0 Å². The lowest BCUT2D eigenvalue weighted by Crippen LogP contribution is -1.81. The zero-order valence-electron chi connectivity index (χ0n) is 7.14. The van der Waals surface area contributed by atoms with Crippen molar-refractivity contribution in [1.82, 2.24) is 0 Å². The Morgan fingerprint density at radius 3 is 2.27 bits per heavy atom. The maximum absolute atomic E-state index is 10.4. The van der Waals surface area contributed by atoms with E-state index in [2.05, 4.69) is 11.8 Å². The molecule has 0 bridgehead atoms. The third kappa shape index (κ3) is 5.17. The van der Waals surface area contributed by atoms with Gasteiger partial charge >= 0.3 is 0 Å². The quantitative estimate of drug-likeness (QED) is 0.316. The van der Waals surface area contributed by atoms with Gasteiger partial charge in [0, 0.05) is 12.5 Å². The highest BCUT2D eigenvalue weighted by Crippen LogP contribution is 1.93. The van der Waals surface area contributed by atoms with Gasteiger partial charge < -0.3 is 0 Å². The molecule has 0 aromatic rings. The number of hydrogen-bond donors (Lipinski definition) is 0. The summed E-state index contributed by atoms with van der Waals surface area (Å²) in [6.07, 6.45) is 5.63. The topological polar surface area (TPSA) is 17.1 Å². The molecule has 58 valence electrons. The number of ketones is 1. The van der Waals surface area contributed by atoms with Crippen molar-refractivity contribution in [3.8, 4) is 11.8 Å². The Morgan fingerprint density at radius 2 is 1.91 bits per heavy atom. The van der Waals surface area contributed by atoms with Crippen molar-refractivity contribution in [3.05, 3.63) is 23.8 Å². The SMILES string of the molecule is C/C=C\C(C#CC(C)=O)=C/C. The predicted molar refractivity (Wildman–Crippen MR) is 47.0 cm³/mol. The van der Waals surface area contributed by atoms with Crippen LogP contribution in [0.15, 0.2) is 23.8 Å². The van der Waals surface area contributed by atoms with Crippen molar-refractivity contribution < 1.29 is 4.79 Å².